The van der Waals surface area contributed by atoms with Gasteiger partial charge >= 0.3 is 5.97 Å². The van der Waals surface area contributed by atoms with Crippen molar-refractivity contribution in [3.63, 3.8) is 0 Å². The largest absolute Gasteiger partial charge is 0.469 e. The summed E-state index contributed by atoms with van der Waals surface area (Å²) >= 11 is 1.70. The van der Waals surface area contributed by atoms with Crippen molar-refractivity contribution < 1.29 is 9.53 Å². The van der Waals surface area contributed by atoms with E-state index in [1.807, 2.05) is 32.0 Å². The Labute approximate surface area is 101 Å². The van der Waals surface area contributed by atoms with Gasteiger partial charge < -0.3 is 4.74 Å². The summed E-state index contributed by atoms with van der Waals surface area (Å²) in [4.78, 5) is 12.7. The van der Waals surface area contributed by atoms with Crippen LogP contribution < -0.4 is 0 Å². The van der Waals surface area contributed by atoms with Crippen molar-refractivity contribution in [3.05, 3.63) is 30.3 Å². The van der Waals surface area contributed by atoms with E-state index < -0.39 is 0 Å². The van der Waals surface area contributed by atoms with Crippen LogP contribution in [0.2, 0.25) is 0 Å². The molecule has 0 spiro atoms. The van der Waals surface area contributed by atoms with E-state index in [0.717, 1.165) is 5.75 Å². The number of carbonyl (C=O) groups excluding carboxylic acids is 1. The van der Waals surface area contributed by atoms with Crippen LogP contribution in [0.1, 0.15) is 13.8 Å². The molecule has 0 heterocycles. The minimum atomic E-state index is -0.113. The maximum Gasteiger partial charge on any atom is 0.309 e. The Balaban J connectivity index is 2.54. The minimum absolute atomic E-state index is 0.0322. The molecule has 0 saturated carbocycles. The first-order valence-electron chi connectivity index (χ1n) is 5.40. The van der Waals surface area contributed by atoms with Crippen molar-refractivity contribution in [2.75, 3.05) is 12.9 Å². The third kappa shape index (κ3) is 3.89. The van der Waals surface area contributed by atoms with Crippen molar-refractivity contribution in [3.8, 4) is 0 Å². The molecule has 1 rings (SSSR count). The summed E-state index contributed by atoms with van der Waals surface area (Å²) in [5.41, 5.74) is 0. The first-order valence-corrected chi connectivity index (χ1v) is 6.39. The molecule has 0 N–H and O–H groups in total. The van der Waals surface area contributed by atoms with Crippen molar-refractivity contribution in [1.29, 1.82) is 0 Å². The number of esters is 1. The molecule has 0 aromatic heterocycles. The number of benzene rings is 1. The molecule has 0 bridgehead atoms. The highest BCUT2D eigenvalue weighted by molar-refractivity contribution is 7.99. The van der Waals surface area contributed by atoms with E-state index in [1.54, 1.807) is 11.8 Å². The Hall–Kier alpha value is -0.960. The van der Waals surface area contributed by atoms with Crippen molar-refractivity contribution in [2.45, 2.75) is 18.7 Å². The molecule has 0 aliphatic rings. The van der Waals surface area contributed by atoms with Crippen LogP contribution in [0.25, 0.3) is 0 Å². The molecule has 0 radical (unpaired) electrons. The lowest BCUT2D eigenvalue weighted by Gasteiger charge is -2.17. The van der Waals surface area contributed by atoms with Crippen LogP contribution in [0.3, 0.4) is 0 Å². The number of thioether (sulfide) groups is 1. The molecule has 1 atom stereocenters. The molecule has 0 saturated heterocycles. The molecule has 0 amide bonds. The number of methoxy groups -OCH3 is 1. The minimum Gasteiger partial charge on any atom is -0.469 e. The average molecular weight is 238 g/mol. The fourth-order valence-electron chi connectivity index (χ4n) is 1.39. The van der Waals surface area contributed by atoms with Gasteiger partial charge in [-0.25, -0.2) is 0 Å². The zero-order valence-corrected chi connectivity index (χ0v) is 10.8. The van der Waals surface area contributed by atoms with E-state index in [9.17, 15) is 4.79 Å². The summed E-state index contributed by atoms with van der Waals surface area (Å²) in [7, 11) is 1.45. The molecule has 1 unspecified atom stereocenters. The molecular weight excluding hydrogens is 220 g/mol. The van der Waals surface area contributed by atoms with Crippen molar-refractivity contribution in [2.24, 2.45) is 11.8 Å². The average Bonchev–Trinajstić information content (AvgIpc) is 2.30. The summed E-state index contributed by atoms with van der Waals surface area (Å²) in [6.45, 7) is 4.10. The maximum atomic E-state index is 11.5. The number of ether oxygens (including phenoxy) is 1. The lowest BCUT2D eigenvalue weighted by Crippen LogP contribution is -2.23. The monoisotopic (exact) mass is 238 g/mol. The van der Waals surface area contributed by atoms with E-state index in [0.29, 0.717) is 5.92 Å². The van der Waals surface area contributed by atoms with Gasteiger partial charge in [0.15, 0.2) is 0 Å². The second-order valence-corrected chi connectivity index (χ2v) is 5.09. The highest BCUT2D eigenvalue weighted by atomic mass is 32.2. The molecule has 0 fully saturated rings. The fraction of sp³-hybridized carbons (Fsp3) is 0.462. The molecule has 0 aliphatic carbocycles. The predicted molar refractivity (Wildman–Crippen MR) is 67.5 cm³/mol. The number of hydrogen-bond acceptors (Lipinski definition) is 3. The zero-order valence-electron chi connectivity index (χ0n) is 9.97. The van der Waals surface area contributed by atoms with Crippen LogP contribution in [0, 0.1) is 11.8 Å². The van der Waals surface area contributed by atoms with Crippen molar-refractivity contribution in [1.82, 2.24) is 0 Å². The molecule has 16 heavy (non-hydrogen) atoms. The van der Waals surface area contributed by atoms with Gasteiger partial charge in [-0.15, -0.1) is 11.8 Å². The lowest BCUT2D eigenvalue weighted by atomic mass is 9.98. The second-order valence-electron chi connectivity index (χ2n) is 4.00. The van der Waals surface area contributed by atoms with E-state index in [4.69, 9.17) is 4.74 Å². The normalized spacial score (nSPS) is 12.5. The summed E-state index contributed by atoms with van der Waals surface area (Å²) in [6, 6.07) is 10.1. The smallest absolute Gasteiger partial charge is 0.309 e. The highest BCUT2D eigenvalue weighted by Gasteiger charge is 2.22. The van der Waals surface area contributed by atoms with Crippen LogP contribution in [0.15, 0.2) is 35.2 Å². The topological polar surface area (TPSA) is 26.3 Å². The standard InChI is InChI=1S/C13H18O2S/c1-10(2)12(13(14)15-3)9-16-11-7-5-4-6-8-11/h4-8,10,12H,9H2,1-3H3. The van der Waals surface area contributed by atoms with Crippen LogP contribution >= 0.6 is 11.8 Å². The summed E-state index contributed by atoms with van der Waals surface area (Å²) < 4.78 is 4.81. The maximum absolute atomic E-state index is 11.5. The molecule has 3 heteroatoms. The van der Waals surface area contributed by atoms with E-state index >= 15 is 0 Å². The molecule has 88 valence electrons. The summed E-state index contributed by atoms with van der Waals surface area (Å²) in [6.07, 6.45) is 0. The quantitative estimate of drug-likeness (QED) is 0.582. The molecule has 1 aromatic rings. The molecule has 0 aliphatic heterocycles. The summed E-state index contributed by atoms with van der Waals surface area (Å²) in [5, 5.41) is 0. The molecular formula is C13H18O2S. The van der Waals surface area contributed by atoms with Gasteiger partial charge in [0.2, 0.25) is 0 Å². The number of carbonyl (C=O) groups is 1. The fourth-order valence-corrected chi connectivity index (χ4v) is 2.63. The van der Waals surface area contributed by atoms with Gasteiger partial charge in [-0.3, -0.25) is 4.79 Å². The van der Waals surface area contributed by atoms with Crippen LogP contribution in [0.4, 0.5) is 0 Å². The zero-order chi connectivity index (χ0) is 12.0. The van der Waals surface area contributed by atoms with Gasteiger partial charge in [0, 0.05) is 10.6 Å². The SMILES string of the molecule is COC(=O)C(CSc1ccccc1)C(C)C. The van der Waals surface area contributed by atoms with Gasteiger partial charge in [-0.1, -0.05) is 32.0 Å². The second kappa shape index (κ2) is 6.59. The number of rotatable bonds is 5. The Bertz CT molecular complexity index is 322. The van der Waals surface area contributed by atoms with E-state index in [2.05, 4.69) is 12.1 Å². The van der Waals surface area contributed by atoms with Gasteiger partial charge in [0.1, 0.15) is 0 Å². The predicted octanol–water partition coefficient (Wildman–Crippen LogP) is 3.22. The number of hydrogen-bond donors (Lipinski definition) is 0. The Kier molecular flexibility index (Phi) is 5.39. The van der Waals surface area contributed by atoms with Crippen LogP contribution in [-0.4, -0.2) is 18.8 Å². The third-order valence-electron chi connectivity index (χ3n) is 2.48. The Morgan fingerprint density at radius 2 is 1.94 bits per heavy atom. The first-order chi connectivity index (χ1) is 7.65. The van der Waals surface area contributed by atoms with Gasteiger partial charge in [-0.05, 0) is 18.1 Å². The Morgan fingerprint density at radius 1 is 1.31 bits per heavy atom. The first kappa shape index (κ1) is 13.1. The van der Waals surface area contributed by atoms with Gasteiger partial charge in [-0.2, -0.15) is 0 Å². The van der Waals surface area contributed by atoms with Crippen molar-refractivity contribution >= 4 is 17.7 Å². The lowest BCUT2D eigenvalue weighted by molar-refractivity contribution is -0.146. The van der Waals surface area contributed by atoms with E-state index in [1.165, 1.54) is 12.0 Å². The summed E-state index contributed by atoms with van der Waals surface area (Å²) in [5.74, 6) is 0.936. The van der Waals surface area contributed by atoms with Crippen LogP contribution in [-0.2, 0) is 9.53 Å². The molecule has 1 aromatic carbocycles. The Morgan fingerprint density at radius 3 is 2.44 bits per heavy atom. The highest BCUT2D eigenvalue weighted by Crippen LogP contribution is 2.24. The third-order valence-corrected chi connectivity index (χ3v) is 3.61. The van der Waals surface area contributed by atoms with Gasteiger partial charge in [0.25, 0.3) is 0 Å². The van der Waals surface area contributed by atoms with Gasteiger partial charge in [0.05, 0.1) is 13.0 Å². The van der Waals surface area contributed by atoms with Crippen LogP contribution in [0.5, 0.6) is 0 Å². The van der Waals surface area contributed by atoms with E-state index in [-0.39, 0.29) is 11.9 Å². The molecule has 2 nitrogen and oxygen atoms in total.